The lowest BCUT2D eigenvalue weighted by molar-refractivity contribution is -0.137. The first-order valence-electron chi connectivity index (χ1n) is 10.6. The van der Waals surface area contributed by atoms with Crippen LogP contribution >= 0.6 is 0 Å². The van der Waals surface area contributed by atoms with Gasteiger partial charge in [-0.15, -0.1) is 0 Å². The smallest absolute Gasteiger partial charge is 0.365 e. The first-order chi connectivity index (χ1) is 16.8. The van der Waals surface area contributed by atoms with Gasteiger partial charge in [0.15, 0.2) is 0 Å². The fourth-order valence-corrected chi connectivity index (χ4v) is 3.96. The molecule has 3 heterocycles. The molecular weight excluding hydrogens is 499 g/mol. The molecule has 10 nitrogen and oxygen atoms in total. The van der Waals surface area contributed by atoms with E-state index < -0.39 is 27.6 Å². The summed E-state index contributed by atoms with van der Waals surface area (Å²) in [5, 5.41) is 8.27. The highest BCUT2D eigenvalue weighted by atomic mass is 32.2. The standard InChI is InChI=1S/C22H22F3N7O3S/c1-12-9-26-17(32(2)36(3,34)35)7-14(12)10-27-20-15(22(23,24)25)11-28-21(31-20)29-16-6-4-5-13-8-18(33)30-19(13)16/h4-7,9,11H,8,10H2,1-3H3,(H,30,33)(H2,27,28,29,31). The van der Waals surface area contributed by atoms with E-state index in [4.69, 9.17) is 0 Å². The normalized spacial score (nSPS) is 13.2. The number of nitrogens with one attached hydrogen (secondary N) is 3. The summed E-state index contributed by atoms with van der Waals surface area (Å²) in [6.07, 6.45) is -1.40. The topological polar surface area (TPSA) is 129 Å². The molecule has 0 aliphatic carbocycles. The van der Waals surface area contributed by atoms with Crippen molar-refractivity contribution in [2.24, 2.45) is 0 Å². The molecule has 0 saturated carbocycles. The zero-order chi connectivity index (χ0) is 26.3. The van der Waals surface area contributed by atoms with Crippen LogP contribution in [0.15, 0.2) is 36.7 Å². The SMILES string of the molecule is Cc1cnc(N(C)S(C)(=O)=O)cc1CNc1nc(Nc2cccc3c2NC(=O)C3)ncc1C(F)(F)F. The van der Waals surface area contributed by atoms with E-state index in [1.165, 1.54) is 19.3 Å². The summed E-state index contributed by atoms with van der Waals surface area (Å²) >= 11 is 0. The number of aromatic nitrogens is 3. The average molecular weight is 522 g/mol. The van der Waals surface area contributed by atoms with Gasteiger partial charge in [-0.3, -0.25) is 9.10 Å². The van der Waals surface area contributed by atoms with Gasteiger partial charge in [0.25, 0.3) is 0 Å². The Labute approximate surface area is 205 Å². The van der Waals surface area contributed by atoms with E-state index in [-0.39, 0.29) is 30.6 Å². The molecule has 1 aliphatic rings. The monoisotopic (exact) mass is 521 g/mol. The molecule has 36 heavy (non-hydrogen) atoms. The van der Waals surface area contributed by atoms with Gasteiger partial charge in [-0.05, 0) is 35.7 Å². The molecule has 4 rings (SSSR count). The average Bonchev–Trinajstić information content (AvgIpc) is 3.18. The number of sulfonamides is 1. The van der Waals surface area contributed by atoms with Crippen LogP contribution in [-0.2, 0) is 34.0 Å². The van der Waals surface area contributed by atoms with Gasteiger partial charge in [0, 0.05) is 26.0 Å². The van der Waals surface area contributed by atoms with Gasteiger partial charge in [-0.2, -0.15) is 18.2 Å². The number of benzene rings is 1. The summed E-state index contributed by atoms with van der Waals surface area (Å²) < 4.78 is 65.6. The van der Waals surface area contributed by atoms with Crippen LogP contribution in [0.1, 0.15) is 22.3 Å². The lowest BCUT2D eigenvalue weighted by atomic mass is 10.1. The van der Waals surface area contributed by atoms with Gasteiger partial charge < -0.3 is 16.0 Å². The van der Waals surface area contributed by atoms with Crippen molar-refractivity contribution in [3.63, 3.8) is 0 Å². The molecule has 14 heteroatoms. The predicted molar refractivity (Wildman–Crippen MR) is 129 cm³/mol. The van der Waals surface area contributed by atoms with E-state index >= 15 is 0 Å². The number of amides is 1. The Morgan fingerprint density at radius 3 is 2.64 bits per heavy atom. The fourth-order valence-electron chi connectivity index (χ4n) is 3.52. The lowest BCUT2D eigenvalue weighted by Gasteiger charge is -2.18. The first kappa shape index (κ1) is 25.2. The van der Waals surface area contributed by atoms with Gasteiger partial charge in [0.05, 0.1) is 24.1 Å². The third kappa shape index (κ3) is 5.32. The van der Waals surface area contributed by atoms with Crippen LogP contribution in [0.4, 0.5) is 42.1 Å². The number of halogens is 3. The third-order valence-electron chi connectivity index (χ3n) is 5.57. The van der Waals surface area contributed by atoms with Crippen molar-refractivity contribution < 1.29 is 26.4 Å². The van der Waals surface area contributed by atoms with E-state index in [9.17, 15) is 26.4 Å². The number of rotatable bonds is 7. The number of aryl methyl sites for hydroxylation is 1. The molecule has 0 bridgehead atoms. The summed E-state index contributed by atoms with van der Waals surface area (Å²) in [5.74, 6) is -0.639. The number of fused-ring (bicyclic) bond motifs is 1. The van der Waals surface area contributed by atoms with Gasteiger partial charge in [0.1, 0.15) is 17.2 Å². The number of anilines is 5. The number of alkyl halides is 3. The first-order valence-corrected chi connectivity index (χ1v) is 12.4. The molecule has 3 N–H and O–H groups in total. The largest absolute Gasteiger partial charge is 0.421 e. The number of carbonyl (C=O) groups is 1. The molecular formula is C22H22F3N7O3S. The van der Waals surface area contributed by atoms with Gasteiger partial charge in [-0.1, -0.05) is 12.1 Å². The molecule has 0 spiro atoms. The summed E-state index contributed by atoms with van der Waals surface area (Å²) in [7, 11) is -2.24. The van der Waals surface area contributed by atoms with Crippen molar-refractivity contribution in [1.82, 2.24) is 15.0 Å². The Morgan fingerprint density at radius 1 is 1.19 bits per heavy atom. The van der Waals surface area contributed by atoms with E-state index in [2.05, 4.69) is 30.9 Å². The highest BCUT2D eigenvalue weighted by molar-refractivity contribution is 7.92. The Hall–Kier alpha value is -3.94. The fraction of sp³-hybridized carbons (Fsp3) is 0.273. The van der Waals surface area contributed by atoms with Crippen LogP contribution in [0.25, 0.3) is 0 Å². The van der Waals surface area contributed by atoms with Crippen molar-refractivity contribution in [2.75, 3.05) is 33.6 Å². The minimum Gasteiger partial charge on any atom is -0.365 e. The molecule has 0 atom stereocenters. The summed E-state index contributed by atoms with van der Waals surface area (Å²) in [6, 6.07) is 6.61. The van der Waals surface area contributed by atoms with Crippen LogP contribution < -0.4 is 20.3 Å². The maximum absolute atomic E-state index is 13.7. The van der Waals surface area contributed by atoms with Crippen LogP contribution in [0.2, 0.25) is 0 Å². The second-order valence-electron chi connectivity index (χ2n) is 8.20. The van der Waals surface area contributed by atoms with E-state index in [0.717, 1.165) is 16.1 Å². The zero-order valence-electron chi connectivity index (χ0n) is 19.4. The Kier molecular flexibility index (Phi) is 6.47. The van der Waals surface area contributed by atoms with E-state index in [0.29, 0.717) is 28.7 Å². The van der Waals surface area contributed by atoms with E-state index in [1.807, 2.05) is 0 Å². The minimum atomic E-state index is -4.72. The van der Waals surface area contributed by atoms with Gasteiger partial charge >= 0.3 is 6.18 Å². The maximum Gasteiger partial charge on any atom is 0.421 e. The summed E-state index contributed by atoms with van der Waals surface area (Å²) in [5.41, 5.74) is 1.82. The number of nitrogens with zero attached hydrogens (tertiary/aromatic N) is 4. The van der Waals surface area contributed by atoms with E-state index in [1.54, 1.807) is 25.1 Å². The number of pyridine rings is 1. The van der Waals surface area contributed by atoms with Crippen LogP contribution in [-0.4, -0.2) is 42.6 Å². The van der Waals surface area contributed by atoms with Crippen molar-refractivity contribution >= 4 is 44.9 Å². The summed E-state index contributed by atoms with van der Waals surface area (Å²) in [6.45, 7) is 1.62. The van der Waals surface area contributed by atoms with Crippen molar-refractivity contribution in [3.8, 4) is 0 Å². The van der Waals surface area contributed by atoms with Crippen molar-refractivity contribution in [2.45, 2.75) is 26.1 Å². The molecule has 1 amide bonds. The quantitative estimate of drug-likeness (QED) is 0.431. The number of hydrogen-bond donors (Lipinski definition) is 3. The predicted octanol–water partition coefficient (Wildman–Crippen LogP) is 3.44. The van der Waals surface area contributed by atoms with Gasteiger partial charge in [-0.25, -0.2) is 18.4 Å². The highest BCUT2D eigenvalue weighted by Crippen LogP contribution is 2.36. The molecule has 1 aromatic carbocycles. The molecule has 190 valence electrons. The number of hydrogen-bond acceptors (Lipinski definition) is 8. The molecule has 3 aromatic rings. The number of para-hydroxylation sites is 1. The molecule has 2 aromatic heterocycles. The molecule has 0 saturated heterocycles. The molecule has 0 radical (unpaired) electrons. The number of carbonyl (C=O) groups excluding carboxylic acids is 1. The van der Waals surface area contributed by atoms with Crippen LogP contribution in [0.3, 0.4) is 0 Å². The van der Waals surface area contributed by atoms with Crippen LogP contribution in [0.5, 0.6) is 0 Å². The Bertz CT molecular complexity index is 1450. The van der Waals surface area contributed by atoms with Crippen molar-refractivity contribution in [1.29, 1.82) is 0 Å². The second kappa shape index (κ2) is 9.26. The summed E-state index contributed by atoms with van der Waals surface area (Å²) in [4.78, 5) is 23.7. The Balaban J connectivity index is 1.63. The highest BCUT2D eigenvalue weighted by Gasteiger charge is 2.35. The Morgan fingerprint density at radius 2 is 1.94 bits per heavy atom. The van der Waals surface area contributed by atoms with Gasteiger partial charge in [0.2, 0.25) is 21.9 Å². The third-order valence-corrected chi connectivity index (χ3v) is 6.76. The zero-order valence-corrected chi connectivity index (χ0v) is 20.3. The lowest BCUT2D eigenvalue weighted by Crippen LogP contribution is -2.26. The maximum atomic E-state index is 13.7. The minimum absolute atomic E-state index is 0.0880. The molecule has 0 unspecified atom stereocenters. The van der Waals surface area contributed by atoms with Crippen molar-refractivity contribution in [3.05, 3.63) is 58.9 Å². The molecule has 0 fully saturated rings. The van der Waals surface area contributed by atoms with Crippen LogP contribution in [0, 0.1) is 6.92 Å². The molecule has 1 aliphatic heterocycles. The second-order valence-corrected chi connectivity index (χ2v) is 10.2.